The Labute approximate surface area is 114 Å². The fraction of sp³-hybridized carbons (Fsp3) is 0.214. The van der Waals surface area contributed by atoms with Crippen molar-refractivity contribution < 1.29 is 4.39 Å². The smallest absolute Gasteiger partial charge is 0.275 e. The molecule has 0 unspecified atom stereocenters. The molecule has 0 saturated heterocycles. The average Bonchev–Trinajstić information content (AvgIpc) is 2.79. The van der Waals surface area contributed by atoms with E-state index in [1.165, 1.54) is 16.6 Å². The monoisotopic (exact) mass is 272 g/mol. The van der Waals surface area contributed by atoms with Gasteiger partial charge in [0.2, 0.25) is 0 Å². The van der Waals surface area contributed by atoms with E-state index in [1.807, 2.05) is 6.07 Å². The average molecular weight is 272 g/mol. The van der Waals surface area contributed by atoms with Gasteiger partial charge < -0.3 is 0 Å². The summed E-state index contributed by atoms with van der Waals surface area (Å²) < 4.78 is 14.5. The van der Waals surface area contributed by atoms with Crippen LogP contribution < -0.4 is 5.56 Å². The number of benzene rings is 1. The van der Waals surface area contributed by atoms with E-state index in [1.54, 1.807) is 19.9 Å². The van der Waals surface area contributed by atoms with Crippen LogP contribution in [0.2, 0.25) is 0 Å². The highest BCUT2D eigenvalue weighted by Gasteiger charge is 2.10. The number of nitrogens with one attached hydrogen (secondary N) is 1. The summed E-state index contributed by atoms with van der Waals surface area (Å²) in [4.78, 5) is 20.6. The predicted molar refractivity (Wildman–Crippen MR) is 72.3 cm³/mol. The van der Waals surface area contributed by atoms with Crippen molar-refractivity contribution in [2.24, 2.45) is 0 Å². The topological polar surface area (TPSA) is 63.1 Å². The predicted octanol–water partition coefficient (Wildman–Crippen LogP) is 1.76. The molecular weight excluding hydrogens is 259 g/mol. The number of halogens is 1. The first-order valence-electron chi connectivity index (χ1n) is 6.24. The second-order valence-corrected chi connectivity index (χ2v) is 4.74. The van der Waals surface area contributed by atoms with Crippen molar-refractivity contribution in [1.82, 2.24) is 19.6 Å². The molecule has 0 radical (unpaired) electrons. The lowest BCUT2D eigenvalue weighted by atomic mass is 10.1. The zero-order valence-electron chi connectivity index (χ0n) is 11.1. The summed E-state index contributed by atoms with van der Waals surface area (Å²) in [6, 6.07) is 6.29. The third kappa shape index (κ3) is 2.09. The zero-order chi connectivity index (χ0) is 14.3. The fourth-order valence-electron chi connectivity index (χ4n) is 2.07. The quantitative estimate of drug-likeness (QED) is 0.773. The normalized spacial score (nSPS) is 11.2. The maximum absolute atomic E-state index is 13.1. The summed E-state index contributed by atoms with van der Waals surface area (Å²) in [5.74, 6) is 0.621. The fourth-order valence-corrected chi connectivity index (χ4v) is 2.07. The Morgan fingerprint density at radius 2 is 2.10 bits per heavy atom. The van der Waals surface area contributed by atoms with Crippen molar-refractivity contribution in [3.63, 3.8) is 0 Å². The molecule has 0 saturated carbocycles. The van der Waals surface area contributed by atoms with Crippen molar-refractivity contribution in [3.8, 4) is 0 Å². The maximum atomic E-state index is 13.1. The molecule has 3 rings (SSSR count). The van der Waals surface area contributed by atoms with Gasteiger partial charge in [-0.05, 0) is 31.5 Å². The number of rotatable bonds is 2. The van der Waals surface area contributed by atoms with Crippen LogP contribution in [0.1, 0.15) is 22.6 Å². The molecule has 20 heavy (non-hydrogen) atoms. The number of hydrogen-bond acceptors (Lipinski definition) is 3. The maximum Gasteiger partial charge on any atom is 0.277 e. The van der Waals surface area contributed by atoms with Gasteiger partial charge in [0.25, 0.3) is 11.3 Å². The van der Waals surface area contributed by atoms with Gasteiger partial charge in [-0.1, -0.05) is 12.1 Å². The lowest BCUT2D eigenvalue weighted by Gasteiger charge is -1.98. The van der Waals surface area contributed by atoms with Crippen LogP contribution in [-0.2, 0) is 6.42 Å². The molecule has 0 aliphatic rings. The van der Waals surface area contributed by atoms with E-state index < -0.39 is 0 Å². The highest BCUT2D eigenvalue weighted by molar-refractivity contribution is 5.32. The van der Waals surface area contributed by atoms with Gasteiger partial charge >= 0.3 is 0 Å². The Bertz CT molecular complexity index is 850. The third-order valence-electron chi connectivity index (χ3n) is 3.27. The van der Waals surface area contributed by atoms with Gasteiger partial charge in [0, 0.05) is 17.7 Å². The standard InChI is InChI=1S/C14H13FN4O/c1-8-9(2)16-14-17-12(18-19(14)13(8)20)7-10-4-3-5-11(15)6-10/h3-6H,7H2,1-2H3,(H,16,17,18). The van der Waals surface area contributed by atoms with Crippen molar-refractivity contribution in [3.05, 3.63) is 63.1 Å². The molecule has 6 heteroatoms. The molecule has 0 aliphatic carbocycles. The Kier molecular flexibility index (Phi) is 2.85. The van der Waals surface area contributed by atoms with Crippen molar-refractivity contribution in [2.45, 2.75) is 20.3 Å². The molecule has 5 nitrogen and oxygen atoms in total. The van der Waals surface area contributed by atoms with Crippen LogP contribution in [0.4, 0.5) is 4.39 Å². The van der Waals surface area contributed by atoms with E-state index in [0.717, 1.165) is 5.56 Å². The van der Waals surface area contributed by atoms with Gasteiger partial charge in [-0.2, -0.15) is 9.50 Å². The first-order valence-corrected chi connectivity index (χ1v) is 6.24. The van der Waals surface area contributed by atoms with Crippen molar-refractivity contribution >= 4 is 5.78 Å². The summed E-state index contributed by atoms with van der Waals surface area (Å²) in [5.41, 5.74) is 1.87. The molecule has 0 amide bonds. The minimum Gasteiger partial charge on any atom is -0.275 e. The highest BCUT2D eigenvalue weighted by atomic mass is 19.1. The van der Waals surface area contributed by atoms with Crippen LogP contribution in [0.25, 0.3) is 5.78 Å². The molecule has 2 aromatic heterocycles. The Morgan fingerprint density at radius 3 is 2.85 bits per heavy atom. The SMILES string of the molecule is Cc1nc2nc(Cc3cccc(F)c3)[nH]n2c(=O)c1C. The van der Waals surface area contributed by atoms with E-state index in [2.05, 4.69) is 15.1 Å². The minimum absolute atomic E-state index is 0.162. The lowest BCUT2D eigenvalue weighted by molar-refractivity contribution is 0.625. The molecule has 0 spiro atoms. The zero-order valence-corrected chi connectivity index (χ0v) is 11.1. The first-order chi connectivity index (χ1) is 9.54. The molecular formula is C14H13FN4O. The third-order valence-corrected chi connectivity index (χ3v) is 3.27. The molecule has 102 valence electrons. The second-order valence-electron chi connectivity index (χ2n) is 4.74. The number of aryl methyl sites for hydroxylation is 1. The van der Waals surface area contributed by atoms with Crippen LogP contribution in [-0.4, -0.2) is 19.6 Å². The minimum atomic E-state index is -0.291. The van der Waals surface area contributed by atoms with E-state index in [4.69, 9.17) is 0 Å². The van der Waals surface area contributed by atoms with Crippen LogP contribution >= 0.6 is 0 Å². The molecule has 0 aliphatic heterocycles. The number of hydrogen-bond donors (Lipinski definition) is 1. The van der Waals surface area contributed by atoms with Crippen molar-refractivity contribution in [1.29, 1.82) is 0 Å². The molecule has 2 heterocycles. The lowest BCUT2D eigenvalue weighted by Crippen LogP contribution is -2.19. The van der Waals surface area contributed by atoms with E-state index in [-0.39, 0.29) is 11.4 Å². The van der Waals surface area contributed by atoms with Gasteiger partial charge in [0.15, 0.2) is 0 Å². The summed E-state index contributed by atoms with van der Waals surface area (Å²) in [6.45, 7) is 3.50. The molecule has 1 N–H and O–H groups in total. The molecule has 0 fully saturated rings. The van der Waals surface area contributed by atoms with Gasteiger partial charge in [-0.3, -0.25) is 9.89 Å². The largest absolute Gasteiger partial charge is 0.277 e. The number of aromatic amines is 1. The molecule has 3 aromatic rings. The molecule has 0 atom stereocenters. The van der Waals surface area contributed by atoms with Gasteiger partial charge in [0.05, 0.1) is 0 Å². The second kappa shape index (κ2) is 4.56. The Hall–Kier alpha value is -2.50. The van der Waals surface area contributed by atoms with Gasteiger partial charge in [0.1, 0.15) is 11.6 Å². The van der Waals surface area contributed by atoms with E-state index in [0.29, 0.717) is 29.3 Å². The first kappa shape index (κ1) is 12.5. The summed E-state index contributed by atoms with van der Waals surface area (Å²) in [5, 5.41) is 2.91. The number of fused-ring (bicyclic) bond motifs is 1. The van der Waals surface area contributed by atoms with Crippen molar-refractivity contribution in [2.75, 3.05) is 0 Å². The van der Waals surface area contributed by atoms with Crippen LogP contribution in [0.5, 0.6) is 0 Å². The van der Waals surface area contributed by atoms with E-state index >= 15 is 0 Å². The number of aromatic nitrogens is 4. The van der Waals surface area contributed by atoms with Crippen LogP contribution in [0.3, 0.4) is 0 Å². The van der Waals surface area contributed by atoms with Crippen LogP contribution in [0, 0.1) is 19.7 Å². The van der Waals surface area contributed by atoms with Gasteiger partial charge in [-0.25, -0.2) is 9.37 Å². The highest BCUT2D eigenvalue weighted by Crippen LogP contribution is 2.09. The summed E-state index contributed by atoms with van der Waals surface area (Å²) >= 11 is 0. The summed E-state index contributed by atoms with van der Waals surface area (Å²) in [7, 11) is 0. The number of H-pyrrole nitrogens is 1. The Morgan fingerprint density at radius 1 is 1.30 bits per heavy atom. The Balaban J connectivity index is 2.06. The van der Waals surface area contributed by atoms with E-state index in [9.17, 15) is 9.18 Å². The van der Waals surface area contributed by atoms with Gasteiger partial charge in [-0.15, -0.1) is 0 Å². The molecule has 1 aromatic carbocycles. The molecule has 0 bridgehead atoms. The number of nitrogens with zero attached hydrogens (tertiary/aromatic N) is 3. The summed E-state index contributed by atoms with van der Waals surface area (Å²) in [6.07, 6.45) is 0.415. The van der Waals surface area contributed by atoms with Crippen LogP contribution in [0.15, 0.2) is 29.1 Å².